The molecular formula is C26H26Cl2FN3O4S. The van der Waals surface area contributed by atoms with Gasteiger partial charge in [-0.1, -0.05) is 47.5 Å². The molecule has 3 rings (SSSR count). The summed E-state index contributed by atoms with van der Waals surface area (Å²) in [5, 5.41) is 3.29. The van der Waals surface area contributed by atoms with Crippen LogP contribution in [0.4, 0.5) is 10.1 Å². The molecule has 1 atom stereocenters. The summed E-state index contributed by atoms with van der Waals surface area (Å²) in [5.74, 6) is -1.61. The number of rotatable bonds is 10. The number of nitrogens with one attached hydrogen (secondary N) is 1. The van der Waals surface area contributed by atoms with E-state index in [1.54, 1.807) is 50.2 Å². The molecule has 0 aliphatic heterocycles. The Morgan fingerprint density at radius 1 is 0.973 bits per heavy atom. The van der Waals surface area contributed by atoms with Gasteiger partial charge in [0.05, 0.1) is 20.6 Å². The largest absolute Gasteiger partial charge is 0.355 e. The van der Waals surface area contributed by atoms with E-state index < -0.39 is 40.2 Å². The molecule has 37 heavy (non-hydrogen) atoms. The van der Waals surface area contributed by atoms with Crippen molar-refractivity contribution >= 4 is 50.7 Å². The summed E-state index contributed by atoms with van der Waals surface area (Å²) in [4.78, 5) is 27.6. The van der Waals surface area contributed by atoms with E-state index in [0.717, 1.165) is 16.4 Å². The molecule has 0 aliphatic carbocycles. The molecule has 7 nitrogen and oxygen atoms in total. The highest BCUT2D eigenvalue weighted by Gasteiger charge is 2.32. The first-order chi connectivity index (χ1) is 17.5. The lowest BCUT2D eigenvalue weighted by molar-refractivity contribution is -0.139. The van der Waals surface area contributed by atoms with Gasteiger partial charge in [-0.2, -0.15) is 0 Å². The fourth-order valence-electron chi connectivity index (χ4n) is 3.60. The standard InChI is InChI=1S/C26H26Cl2FN3O4S/c1-3-30-26(34)18(2)31(16-19-9-14-23(27)24(28)15-19)25(33)17-32(21-12-10-20(29)11-13-21)37(35,36)22-7-5-4-6-8-22/h4-15,18H,3,16-17H2,1-2H3,(H,30,34)/t18-/m0/s1. The van der Waals surface area contributed by atoms with Crippen LogP contribution in [0.5, 0.6) is 0 Å². The number of hydrogen-bond donors (Lipinski definition) is 1. The molecule has 3 aromatic rings. The molecule has 0 aliphatic rings. The minimum absolute atomic E-state index is 0.0311. The molecular weight excluding hydrogens is 540 g/mol. The van der Waals surface area contributed by atoms with Crippen LogP contribution in [0, 0.1) is 5.82 Å². The lowest BCUT2D eigenvalue weighted by Crippen LogP contribution is -2.51. The van der Waals surface area contributed by atoms with Crippen LogP contribution in [-0.4, -0.2) is 44.3 Å². The van der Waals surface area contributed by atoms with Gasteiger partial charge in [-0.05, 0) is 67.9 Å². The van der Waals surface area contributed by atoms with E-state index in [9.17, 15) is 22.4 Å². The monoisotopic (exact) mass is 565 g/mol. The van der Waals surface area contributed by atoms with Crippen LogP contribution in [-0.2, 0) is 26.2 Å². The molecule has 0 spiro atoms. The SMILES string of the molecule is CCNC(=O)[C@H](C)N(Cc1ccc(Cl)c(Cl)c1)C(=O)CN(c1ccc(F)cc1)S(=O)(=O)c1ccccc1. The van der Waals surface area contributed by atoms with E-state index in [0.29, 0.717) is 17.1 Å². The number of carbonyl (C=O) groups excluding carboxylic acids is 2. The molecule has 0 radical (unpaired) electrons. The van der Waals surface area contributed by atoms with Gasteiger partial charge in [-0.3, -0.25) is 13.9 Å². The van der Waals surface area contributed by atoms with E-state index in [-0.39, 0.29) is 22.2 Å². The van der Waals surface area contributed by atoms with Crippen LogP contribution >= 0.6 is 23.2 Å². The lowest BCUT2D eigenvalue weighted by Gasteiger charge is -2.32. The first-order valence-electron chi connectivity index (χ1n) is 11.4. The minimum Gasteiger partial charge on any atom is -0.355 e. The number of sulfonamides is 1. The molecule has 0 heterocycles. The zero-order valence-electron chi connectivity index (χ0n) is 20.2. The molecule has 1 N–H and O–H groups in total. The van der Waals surface area contributed by atoms with Gasteiger partial charge in [-0.15, -0.1) is 0 Å². The highest BCUT2D eigenvalue weighted by atomic mass is 35.5. The minimum atomic E-state index is -4.21. The maximum absolute atomic E-state index is 13.7. The smallest absolute Gasteiger partial charge is 0.264 e. The Hall–Kier alpha value is -3.14. The topological polar surface area (TPSA) is 86.8 Å². The predicted molar refractivity (Wildman–Crippen MR) is 143 cm³/mol. The quantitative estimate of drug-likeness (QED) is 0.379. The van der Waals surface area contributed by atoms with Crippen LogP contribution in [0.2, 0.25) is 10.0 Å². The molecule has 0 saturated carbocycles. The van der Waals surface area contributed by atoms with Crippen LogP contribution in [0.15, 0.2) is 77.7 Å². The lowest BCUT2D eigenvalue weighted by atomic mass is 10.1. The van der Waals surface area contributed by atoms with E-state index in [2.05, 4.69) is 5.32 Å². The van der Waals surface area contributed by atoms with Gasteiger partial charge in [0.2, 0.25) is 11.8 Å². The van der Waals surface area contributed by atoms with Gasteiger partial charge >= 0.3 is 0 Å². The zero-order chi connectivity index (χ0) is 27.2. The molecule has 0 saturated heterocycles. The highest BCUT2D eigenvalue weighted by Crippen LogP contribution is 2.26. The predicted octanol–water partition coefficient (Wildman–Crippen LogP) is 4.88. The Labute approximate surface area is 225 Å². The van der Waals surface area contributed by atoms with E-state index >= 15 is 0 Å². The number of anilines is 1. The average molecular weight is 566 g/mol. The fourth-order valence-corrected chi connectivity index (χ4v) is 5.35. The number of carbonyl (C=O) groups is 2. The van der Waals surface area contributed by atoms with Crippen LogP contribution in [0.3, 0.4) is 0 Å². The third-order valence-corrected chi connectivity index (χ3v) is 8.11. The molecule has 2 amide bonds. The highest BCUT2D eigenvalue weighted by molar-refractivity contribution is 7.92. The molecule has 11 heteroatoms. The van der Waals surface area contributed by atoms with Gasteiger partial charge in [0.15, 0.2) is 0 Å². The second-order valence-corrected chi connectivity index (χ2v) is 10.8. The first-order valence-corrected chi connectivity index (χ1v) is 13.6. The Balaban J connectivity index is 2.02. The van der Waals surface area contributed by atoms with Crippen molar-refractivity contribution in [2.24, 2.45) is 0 Å². The maximum Gasteiger partial charge on any atom is 0.264 e. The third kappa shape index (κ3) is 7.00. The molecule has 196 valence electrons. The first kappa shape index (κ1) is 28.4. The molecule has 0 fully saturated rings. The van der Waals surface area contributed by atoms with Gasteiger partial charge in [0, 0.05) is 13.1 Å². The summed E-state index contributed by atoms with van der Waals surface area (Å²) in [7, 11) is -4.21. The maximum atomic E-state index is 13.7. The van der Waals surface area contributed by atoms with E-state index in [4.69, 9.17) is 23.2 Å². The van der Waals surface area contributed by atoms with Crippen molar-refractivity contribution in [3.8, 4) is 0 Å². The Morgan fingerprint density at radius 3 is 2.22 bits per heavy atom. The molecule has 0 aromatic heterocycles. The zero-order valence-corrected chi connectivity index (χ0v) is 22.5. The van der Waals surface area contributed by atoms with Crippen molar-refractivity contribution in [2.45, 2.75) is 31.3 Å². The Kier molecular flexibility index (Phi) is 9.53. The third-order valence-electron chi connectivity index (χ3n) is 5.58. The summed E-state index contributed by atoms with van der Waals surface area (Å²) in [6.07, 6.45) is 0. The summed E-state index contributed by atoms with van der Waals surface area (Å²) >= 11 is 12.2. The number of likely N-dealkylation sites (N-methyl/N-ethyl adjacent to an activating group) is 1. The number of nitrogens with zero attached hydrogens (tertiary/aromatic N) is 2. The number of hydrogen-bond acceptors (Lipinski definition) is 4. The van der Waals surface area contributed by atoms with Crippen molar-refractivity contribution in [2.75, 3.05) is 17.4 Å². The van der Waals surface area contributed by atoms with Gasteiger partial charge < -0.3 is 10.2 Å². The summed E-state index contributed by atoms with van der Waals surface area (Å²) in [6.45, 7) is 2.99. The number of halogens is 3. The summed E-state index contributed by atoms with van der Waals surface area (Å²) in [6, 6.07) is 16.2. The van der Waals surface area contributed by atoms with Crippen molar-refractivity contribution in [1.82, 2.24) is 10.2 Å². The van der Waals surface area contributed by atoms with Gasteiger partial charge in [0.25, 0.3) is 10.0 Å². The summed E-state index contributed by atoms with van der Waals surface area (Å²) < 4.78 is 41.7. The number of amides is 2. The fraction of sp³-hybridized carbons (Fsp3) is 0.231. The number of benzene rings is 3. The Bertz CT molecular complexity index is 1360. The average Bonchev–Trinajstić information content (AvgIpc) is 2.88. The van der Waals surface area contributed by atoms with Crippen LogP contribution in [0.25, 0.3) is 0 Å². The molecule has 3 aromatic carbocycles. The Morgan fingerprint density at radius 2 is 1.62 bits per heavy atom. The van der Waals surface area contributed by atoms with E-state index in [1.807, 2.05) is 0 Å². The van der Waals surface area contributed by atoms with Gasteiger partial charge in [-0.25, -0.2) is 12.8 Å². The molecule has 0 unspecified atom stereocenters. The summed E-state index contributed by atoms with van der Waals surface area (Å²) in [5.41, 5.74) is 0.692. The van der Waals surface area contributed by atoms with Crippen molar-refractivity contribution in [1.29, 1.82) is 0 Å². The van der Waals surface area contributed by atoms with Crippen molar-refractivity contribution in [3.05, 3.63) is 94.2 Å². The van der Waals surface area contributed by atoms with E-state index in [1.165, 1.54) is 29.2 Å². The van der Waals surface area contributed by atoms with Crippen molar-refractivity contribution < 1.29 is 22.4 Å². The second-order valence-electron chi connectivity index (χ2n) is 8.14. The molecule has 0 bridgehead atoms. The van der Waals surface area contributed by atoms with Gasteiger partial charge in [0.1, 0.15) is 18.4 Å². The van der Waals surface area contributed by atoms with Crippen molar-refractivity contribution in [3.63, 3.8) is 0 Å². The van der Waals surface area contributed by atoms with Crippen LogP contribution in [0.1, 0.15) is 19.4 Å². The normalized spacial score (nSPS) is 12.0. The second kappa shape index (κ2) is 12.4. The van der Waals surface area contributed by atoms with Crippen LogP contribution < -0.4 is 9.62 Å².